The number of rotatable bonds is 3. The maximum absolute atomic E-state index is 11.7. The van der Waals surface area contributed by atoms with Crippen LogP contribution in [-0.2, 0) is 11.2 Å². The van der Waals surface area contributed by atoms with Crippen molar-refractivity contribution in [2.24, 2.45) is 0 Å². The molecule has 21 heavy (non-hydrogen) atoms. The summed E-state index contributed by atoms with van der Waals surface area (Å²) in [5, 5.41) is 13.6. The third-order valence-corrected chi connectivity index (χ3v) is 3.07. The SMILES string of the molecule is C[C@H](Cc1c[nH]c2c(O)cccc12)NC(=O)OC(C)(C)C. The number of nitrogens with one attached hydrogen (secondary N) is 2. The quantitative estimate of drug-likeness (QED) is 0.811. The summed E-state index contributed by atoms with van der Waals surface area (Å²) in [7, 11) is 0. The monoisotopic (exact) mass is 290 g/mol. The number of phenolic OH excluding ortho intramolecular Hbond substituents is 1. The number of ether oxygens (including phenoxy) is 1. The average Bonchev–Trinajstić information content (AvgIpc) is 2.71. The van der Waals surface area contributed by atoms with Crippen LogP contribution < -0.4 is 5.32 Å². The second-order valence-corrected chi connectivity index (χ2v) is 6.27. The zero-order chi connectivity index (χ0) is 15.6. The average molecular weight is 290 g/mol. The molecule has 1 atom stereocenters. The highest BCUT2D eigenvalue weighted by Crippen LogP contribution is 2.26. The Morgan fingerprint density at radius 1 is 1.43 bits per heavy atom. The Hall–Kier alpha value is -2.17. The second-order valence-electron chi connectivity index (χ2n) is 6.27. The third kappa shape index (κ3) is 3.90. The zero-order valence-corrected chi connectivity index (χ0v) is 12.9. The number of alkyl carbamates (subject to hydrolysis) is 1. The molecule has 0 fully saturated rings. The van der Waals surface area contributed by atoms with E-state index >= 15 is 0 Å². The molecule has 1 aromatic carbocycles. The fraction of sp³-hybridized carbons (Fsp3) is 0.438. The molecule has 1 aromatic heterocycles. The highest BCUT2D eigenvalue weighted by Gasteiger charge is 2.18. The first kappa shape index (κ1) is 15.2. The Morgan fingerprint density at radius 2 is 2.14 bits per heavy atom. The van der Waals surface area contributed by atoms with Crippen molar-refractivity contribution in [3.63, 3.8) is 0 Å². The van der Waals surface area contributed by atoms with Crippen LogP contribution in [0.2, 0.25) is 0 Å². The number of para-hydroxylation sites is 1. The molecule has 5 nitrogen and oxygen atoms in total. The maximum atomic E-state index is 11.7. The van der Waals surface area contributed by atoms with Crippen molar-refractivity contribution in [1.82, 2.24) is 10.3 Å². The van der Waals surface area contributed by atoms with Crippen LogP contribution in [-0.4, -0.2) is 27.8 Å². The Bertz CT molecular complexity index is 640. The number of carbonyl (C=O) groups excluding carboxylic acids is 1. The standard InChI is InChI=1S/C16H22N2O3/c1-10(18-15(20)21-16(2,3)4)8-11-9-17-14-12(11)6-5-7-13(14)19/h5-7,9-10,17,19H,8H2,1-4H3,(H,18,20)/t10-/m1/s1. The lowest BCUT2D eigenvalue weighted by atomic mass is 10.1. The smallest absolute Gasteiger partial charge is 0.407 e. The van der Waals surface area contributed by atoms with Crippen LogP contribution in [0.1, 0.15) is 33.3 Å². The van der Waals surface area contributed by atoms with Crippen LogP contribution in [0.15, 0.2) is 24.4 Å². The van der Waals surface area contributed by atoms with Gasteiger partial charge in [0.25, 0.3) is 0 Å². The molecular weight excluding hydrogens is 268 g/mol. The molecule has 0 radical (unpaired) electrons. The fourth-order valence-electron chi connectivity index (χ4n) is 2.25. The summed E-state index contributed by atoms with van der Waals surface area (Å²) in [5.74, 6) is 0.228. The van der Waals surface area contributed by atoms with Gasteiger partial charge in [-0.3, -0.25) is 0 Å². The summed E-state index contributed by atoms with van der Waals surface area (Å²) in [6, 6.07) is 5.33. The lowest BCUT2D eigenvalue weighted by Gasteiger charge is -2.21. The lowest BCUT2D eigenvalue weighted by Crippen LogP contribution is -2.38. The van der Waals surface area contributed by atoms with Gasteiger partial charge in [0.05, 0.1) is 5.52 Å². The van der Waals surface area contributed by atoms with Gasteiger partial charge in [0, 0.05) is 17.6 Å². The zero-order valence-electron chi connectivity index (χ0n) is 12.9. The summed E-state index contributed by atoms with van der Waals surface area (Å²) in [6.07, 6.45) is 2.10. The summed E-state index contributed by atoms with van der Waals surface area (Å²) < 4.78 is 5.24. The maximum Gasteiger partial charge on any atom is 0.407 e. The van der Waals surface area contributed by atoms with Crippen LogP contribution in [0.25, 0.3) is 10.9 Å². The highest BCUT2D eigenvalue weighted by molar-refractivity contribution is 5.88. The summed E-state index contributed by atoms with van der Waals surface area (Å²) in [5.41, 5.74) is 1.26. The Labute approximate surface area is 124 Å². The number of carbonyl (C=O) groups is 1. The minimum absolute atomic E-state index is 0.0683. The van der Waals surface area contributed by atoms with Crippen LogP contribution in [0.3, 0.4) is 0 Å². The molecule has 2 aromatic rings. The van der Waals surface area contributed by atoms with Crippen molar-refractivity contribution in [2.45, 2.75) is 45.8 Å². The number of phenols is 1. The number of fused-ring (bicyclic) bond motifs is 1. The van der Waals surface area contributed by atoms with Crippen molar-refractivity contribution in [3.05, 3.63) is 30.0 Å². The molecule has 0 saturated carbocycles. The molecule has 0 saturated heterocycles. The molecule has 5 heteroatoms. The van der Waals surface area contributed by atoms with Gasteiger partial charge in [-0.25, -0.2) is 4.79 Å². The van der Waals surface area contributed by atoms with E-state index in [1.807, 2.05) is 40.0 Å². The van der Waals surface area contributed by atoms with Gasteiger partial charge < -0.3 is 20.1 Å². The Kier molecular flexibility index (Phi) is 4.11. The molecule has 0 aliphatic carbocycles. The number of hydrogen-bond acceptors (Lipinski definition) is 3. The fourth-order valence-corrected chi connectivity index (χ4v) is 2.25. The van der Waals surface area contributed by atoms with Crippen LogP contribution >= 0.6 is 0 Å². The molecule has 1 heterocycles. The number of H-pyrrole nitrogens is 1. The molecule has 0 aliphatic heterocycles. The van der Waals surface area contributed by atoms with Crippen molar-refractivity contribution < 1.29 is 14.6 Å². The summed E-state index contributed by atoms with van der Waals surface area (Å²) in [6.45, 7) is 7.42. The molecule has 3 N–H and O–H groups in total. The van der Waals surface area contributed by atoms with E-state index in [-0.39, 0.29) is 11.8 Å². The van der Waals surface area contributed by atoms with Crippen LogP contribution in [0.4, 0.5) is 4.79 Å². The molecule has 0 aliphatic rings. The molecule has 0 bridgehead atoms. The van der Waals surface area contributed by atoms with Crippen LogP contribution in [0.5, 0.6) is 5.75 Å². The molecule has 1 amide bonds. The molecule has 0 spiro atoms. The van der Waals surface area contributed by atoms with Gasteiger partial charge >= 0.3 is 6.09 Å². The number of aromatic hydroxyl groups is 1. The Balaban J connectivity index is 2.03. The number of aromatic nitrogens is 1. The highest BCUT2D eigenvalue weighted by atomic mass is 16.6. The van der Waals surface area contributed by atoms with E-state index in [0.717, 1.165) is 16.5 Å². The minimum Gasteiger partial charge on any atom is -0.506 e. The summed E-state index contributed by atoms with van der Waals surface area (Å²) >= 11 is 0. The van der Waals surface area contributed by atoms with E-state index in [0.29, 0.717) is 6.42 Å². The van der Waals surface area contributed by atoms with Gasteiger partial charge in [-0.2, -0.15) is 0 Å². The van der Waals surface area contributed by atoms with Crippen molar-refractivity contribution in [2.75, 3.05) is 0 Å². The van der Waals surface area contributed by atoms with Crippen molar-refractivity contribution in [3.8, 4) is 5.75 Å². The second kappa shape index (κ2) is 5.68. The van der Waals surface area contributed by atoms with Crippen LogP contribution in [0, 0.1) is 0 Å². The van der Waals surface area contributed by atoms with E-state index in [1.165, 1.54) is 0 Å². The molecule has 114 valence electrons. The number of amides is 1. The predicted octanol–water partition coefficient (Wildman–Crippen LogP) is 3.33. The summed E-state index contributed by atoms with van der Waals surface area (Å²) in [4.78, 5) is 14.8. The Morgan fingerprint density at radius 3 is 2.81 bits per heavy atom. The topological polar surface area (TPSA) is 74.4 Å². The third-order valence-electron chi connectivity index (χ3n) is 3.07. The van der Waals surface area contributed by atoms with Gasteiger partial charge in [-0.15, -0.1) is 0 Å². The van der Waals surface area contributed by atoms with Crippen molar-refractivity contribution >= 4 is 17.0 Å². The molecule has 0 unspecified atom stereocenters. The normalized spacial score (nSPS) is 13.1. The van der Waals surface area contributed by atoms with E-state index in [4.69, 9.17) is 4.74 Å². The van der Waals surface area contributed by atoms with Gasteiger partial charge in [-0.1, -0.05) is 12.1 Å². The minimum atomic E-state index is -0.504. The molecular formula is C16H22N2O3. The lowest BCUT2D eigenvalue weighted by molar-refractivity contribution is 0.0508. The van der Waals surface area contributed by atoms with E-state index in [2.05, 4.69) is 10.3 Å². The first-order chi connectivity index (χ1) is 9.76. The van der Waals surface area contributed by atoms with Crippen molar-refractivity contribution in [1.29, 1.82) is 0 Å². The van der Waals surface area contributed by atoms with Gasteiger partial charge in [-0.05, 0) is 45.7 Å². The van der Waals surface area contributed by atoms with E-state index < -0.39 is 11.7 Å². The van der Waals surface area contributed by atoms with Gasteiger partial charge in [0.2, 0.25) is 0 Å². The number of aromatic amines is 1. The predicted molar refractivity (Wildman–Crippen MR) is 82.5 cm³/mol. The largest absolute Gasteiger partial charge is 0.506 e. The van der Waals surface area contributed by atoms with E-state index in [1.54, 1.807) is 12.1 Å². The number of benzene rings is 1. The van der Waals surface area contributed by atoms with Gasteiger partial charge in [0.1, 0.15) is 11.4 Å². The first-order valence-corrected chi connectivity index (χ1v) is 7.04. The van der Waals surface area contributed by atoms with E-state index in [9.17, 15) is 9.90 Å². The van der Waals surface area contributed by atoms with Gasteiger partial charge in [0.15, 0.2) is 0 Å². The molecule has 2 rings (SSSR count). The number of hydrogen-bond donors (Lipinski definition) is 3. The first-order valence-electron chi connectivity index (χ1n) is 7.04.